The molecule has 166 valence electrons. The van der Waals surface area contributed by atoms with Gasteiger partial charge in [-0.05, 0) is 30.4 Å². The number of carbonyl (C=O) groups excluding carboxylic acids is 2. The molecule has 1 aromatic carbocycles. The summed E-state index contributed by atoms with van der Waals surface area (Å²) in [5, 5.41) is 12.4. The van der Waals surface area contributed by atoms with Gasteiger partial charge in [-0.15, -0.1) is 10.2 Å². The Kier molecular flexibility index (Phi) is 6.39. The van der Waals surface area contributed by atoms with E-state index in [1.165, 1.54) is 11.3 Å². The minimum Gasteiger partial charge on any atom is -0.377 e. The molecule has 4 rings (SSSR count). The number of rotatable bonds is 6. The van der Waals surface area contributed by atoms with Gasteiger partial charge in [0.2, 0.25) is 11.0 Å². The van der Waals surface area contributed by atoms with Crippen LogP contribution in [0.3, 0.4) is 0 Å². The van der Waals surface area contributed by atoms with Crippen LogP contribution in [-0.2, 0) is 16.1 Å². The Morgan fingerprint density at radius 3 is 2.71 bits per heavy atom. The molecule has 1 spiro atoms. The Labute approximate surface area is 187 Å². The highest BCUT2D eigenvalue weighted by molar-refractivity contribution is 7.15. The quantitative estimate of drug-likeness (QED) is 0.724. The summed E-state index contributed by atoms with van der Waals surface area (Å²) in [5.41, 5.74) is 0.961. The van der Waals surface area contributed by atoms with Crippen molar-refractivity contribution in [2.24, 2.45) is 5.92 Å². The number of nitrogens with one attached hydrogen (secondary N) is 1. The number of nitrogens with zero attached hydrogens (tertiary/aromatic N) is 3. The molecule has 1 atom stereocenters. The molecule has 0 bridgehead atoms. The van der Waals surface area contributed by atoms with Crippen LogP contribution in [0, 0.1) is 5.92 Å². The Morgan fingerprint density at radius 1 is 1.26 bits per heavy atom. The van der Waals surface area contributed by atoms with Crippen molar-refractivity contribution in [2.45, 2.75) is 64.0 Å². The van der Waals surface area contributed by atoms with Crippen LogP contribution in [0.15, 0.2) is 24.3 Å². The van der Waals surface area contributed by atoms with Gasteiger partial charge in [0.05, 0.1) is 11.5 Å². The zero-order chi connectivity index (χ0) is 22.0. The molecule has 1 aliphatic carbocycles. The minimum absolute atomic E-state index is 0.0496. The normalized spacial score (nSPS) is 20.2. The van der Waals surface area contributed by atoms with Crippen LogP contribution in [0.25, 0.3) is 0 Å². The lowest BCUT2D eigenvalue weighted by atomic mass is 9.65. The molecule has 1 aromatic heterocycles. The number of methoxy groups -OCH3 is 1. The zero-order valence-electron chi connectivity index (χ0n) is 18.4. The molecule has 8 heteroatoms. The van der Waals surface area contributed by atoms with Gasteiger partial charge in [-0.25, -0.2) is 0 Å². The molecule has 2 heterocycles. The predicted molar refractivity (Wildman–Crippen MR) is 120 cm³/mol. The Bertz CT molecular complexity index is 952. The van der Waals surface area contributed by atoms with Gasteiger partial charge < -0.3 is 9.64 Å². The van der Waals surface area contributed by atoms with E-state index in [2.05, 4.69) is 29.4 Å². The summed E-state index contributed by atoms with van der Waals surface area (Å²) in [5.74, 6) is -0.184. The maximum Gasteiger partial charge on any atom is 0.254 e. The summed E-state index contributed by atoms with van der Waals surface area (Å²) >= 11 is 1.32. The number of fused-ring (bicyclic) bond motifs is 1. The summed E-state index contributed by atoms with van der Waals surface area (Å²) in [6, 6.07) is 7.59. The van der Waals surface area contributed by atoms with Crippen LogP contribution >= 0.6 is 11.3 Å². The number of carbonyl (C=O) groups is 2. The first-order valence-electron chi connectivity index (χ1n) is 11.0. The highest BCUT2D eigenvalue weighted by Crippen LogP contribution is 2.49. The summed E-state index contributed by atoms with van der Waals surface area (Å²) in [4.78, 5) is 29.4. The number of amides is 2. The lowest BCUT2D eigenvalue weighted by Crippen LogP contribution is -2.62. The first kappa shape index (κ1) is 21.9. The average molecular weight is 443 g/mol. The molecule has 1 saturated carbocycles. The van der Waals surface area contributed by atoms with Crippen molar-refractivity contribution in [3.63, 3.8) is 0 Å². The maximum atomic E-state index is 13.8. The SMILES string of the molecule is COCc1nnc(NC(=O)[C@@H]2c3ccccc3C(=O)N(CC(C)C)C23CCCCC3)s1. The Balaban J connectivity index is 1.76. The van der Waals surface area contributed by atoms with Crippen LogP contribution in [0.2, 0.25) is 0 Å². The zero-order valence-corrected chi connectivity index (χ0v) is 19.2. The van der Waals surface area contributed by atoms with E-state index in [4.69, 9.17) is 4.74 Å². The maximum absolute atomic E-state index is 13.8. The van der Waals surface area contributed by atoms with Gasteiger partial charge in [0.15, 0.2) is 0 Å². The molecule has 0 radical (unpaired) electrons. The number of hydrogen-bond acceptors (Lipinski definition) is 6. The van der Waals surface area contributed by atoms with Gasteiger partial charge in [-0.1, -0.05) is 62.6 Å². The molecule has 1 fully saturated rings. The Hall–Kier alpha value is -2.32. The number of anilines is 1. The molecule has 2 aliphatic rings. The van der Waals surface area contributed by atoms with Crippen molar-refractivity contribution in [3.05, 3.63) is 40.4 Å². The third kappa shape index (κ3) is 4.11. The number of aromatic nitrogens is 2. The van der Waals surface area contributed by atoms with Crippen LogP contribution in [0.4, 0.5) is 5.13 Å². The van der Waals surface area contributed by atoms with E-state index in [0.717, 1.165) is 37.7 Å². The standard InChI is InChI=1S/C23H30N4O3S/c1-15(2)13-27-21(29)17-10-6-5-9-16(17)19(23(27)11-7-4-8-12-23)20(28)24-22-26-25-18(31-22)14-30-3/h5-6,9-10,15,19H,4,7-8,11-14H2,1-3H3,(H,24,26,28)/t19-/m0/s1. The third-order valence-electron chi connectivity index (χ3n) is 6.32. The Morgan fingerprint density at radius 2 is 2.00 bits per heavy atom. The summed E-state index contributed by atoms with van der Waals surface area (Å²) in [6.07, 6.45) is 4.85. The van der Waals surface area contributed by atoms with Crippen LogP contribution < -0.4 is 5.32 Å². The third-order valence-corrected chi connectivity index (χ3v) is 7.13. The molecule has 2 aromatic rings. The van der Waals surface area contributed by atoms with Gasteiger partial charge >= 0.3 is 0 Å². The van der Waals surface area contributed by atoms with Crippen molar-refractivity contribution in [1.29, 1.82) is 0 Å². The lowest BCUT2D eigenvalue weighted by molar-refractivity contribution is -0.122. The topological polar surface area (TPSA) is 84.4 Å². The summed E-state index contributed by atoms with van der Waals surface area (Å²) < 4.78 is 5.11. The molecule has 0 unspecified atom stereocenters. The van der Waals surface area contributed by atoms with E-state index < -0.39 is 11.5 Å². The van der Waals surface area contributed by atoms with Crippen molar-refractivity contribution >= 4 is 28.3 Å². The second-order valence-electron chi connectivity index (χ2n) is 8.92. The first-order valence-corrected chi connectivity index (χ1v) is 11.8. The molecule has 2 amide bonds. The highest BCUT2D eigenvalue weighted by Gasteiger charge is 2.54. The van der Waals surface area contributed by atoms with E-state index in [0.29, 0.717) is 34.8 Å². The van der Waals surface area contributed by atoms with E-state index in [1.54, 1.807) is 7.11 Å². The van der Waals surface area contributed by atoms with Gasteiger partial charge in [-0.3, -0.25) is 14.9 Å². The molecule has 0 saturated heterocycles. The average Bonchev–Trinajstić information content (AvgIpc) is 3.19. The van der Waals surface area contributed by atoms with Gasteiger partial charge in [0.25, 0.3) is 5.91 Å². The van der Waals surface area contributed by atoms with E-state index >= 15 is 0 Å². The fraction of sp³-hybridized carbons (Fsp3) is 0.565. The summed E-state index contributed by atoms with van der Waals surface area (Å²) in [7, 11) is 1.60. The second kappa shape index (κ2) is 9.04. The molecular weight excluding hydrogens is 412 g/mol. The lowest BCUT2D eigenvalue weighted by Gasteiger charge is -2.54. The van der Waals surface area contributed by atoms with Crippen LogP contribution in [0.5, 0.6) is 0 Å². The highest BCUT2D eigenvalue weighted by atomic mass is 32.1. The minimum atomic E-state index is -0.502. The second-order valence-corrected chi connectivity index (χ2v) is 9.98. The smallest absolute Gasteiger partial charge is 0.254 e. The van der Waals surface area contributed by atoms with Crippen molar-refractivity contribution in [1.82, 2.24) is 15.1 Å². The molecule has 1 aliphatic heterocycles. The molecule has 7 nitrogen and oxygen atoms in total. The van der Waals surface area contributed by atoms with E-state index in [-0.39, 0.29) is 11.8 Å². The first-order chi connectivity index (χ1) is 15.0. The van der Waals surface area contributed by atoms with Crippen molar-refractivity contribution in [3.8, 4) is 0 Å². The number of hydrogen-bond donors (Lipinski definition) is 1. The number of benzene rings is 1. The van der Waals surface area contributed by atoms with Crippen LogP contribution in [-0.4, -0.2) is 46.1 Å². The fourth-order valence-corrected chi connectivity index (χ4v) is 5.85. The van der Waals surface area contributed by atoms with Gasteiger partial charge in [0, 0.05) is 19.2 Å². The number of ether oxygens (including phenoxy) is 1. The largest absolute Gasteiger partial charge is 0.377 e. The van der Waals surface area contributed by atoms with Crippen molar-refractivity contribution < 1.29 is 14.3 Å². The van der Waals surface area contributed by atoms with Gasteiger partial charge in [0.1, 0.15) is 11.6 Å². The van der Waals surface area contributed by atoms with Crippen molar-refractivity contribution in [2.75, 3.05) is 19.0 Å². The molecular formula is C23H30N4O3S. The van der Waals surface area contributed by atoms with Gasteiger partial charge in [-0.2, -0.15) is 0 Å². The van der Waals surface area contributed by atoms with E-state index in [9.17, 15) is 9.59 Å². The molecule has 1 N–H and O–H groups in total. The monoisotopic (exact) mass is 442 g/mol. The van der Waals surface area contributed by atoms with E-state index in [1.807, 2.05) is 29.2 Å². The summed E-state index contributed by atoms with van der Waals surface area (Å²) in [6.45, 7) is 5.25. The predicted octanol–water partition coefficient (Wildman–Crippen LogP) is 4.22. The molecule has 31 heavy (non-hydrogen) atoms. The fourth-order valence-electron chi connectivity index (χ4n) is 5.14. The van der Waals surface area contributed by atoms with Crippen LogP contribution in [0.1, 0.15) is 72.8 Å².